The molecule has 1 saturated carbocycles. The molecule has 1 amide bonds. The van der Waals surface area contributed by atoms with Gasteiger partial charge in [-0.25, -0.2) is 9.97 Å². The van der Waals surface area contributed by atoms with Gasteiger partial charge in [-0.1, -0.05) is 0 Å². The monoisotopic (exact) mass is 480 g/mol. The molecule has 1 fully saturated rings. The standard InChI is InChI=1S/C25H19F3N4O3/c26-25(27,28)12-1-4-18-19(9-12)31-24(30-18)17-11-15(17)16-10-13(2-5-20(16)33)35-21-7-8-29-23-14(21)3-6-22(34)32-23/h1-2,4-5,7-10,15,17,33H,3,6,11H2,(H,30,31)(H,29,32,34)/t15-,17?/m1/s1. The number of anilines is 1. The van der Waals surface area contributed by atoms with Gasteiger partial charge in [0.2, 0.25) is 5.91 Å². The van der Waals surface area contributed by atoms with Crippen LogP contribution in [-0.4, -0.2) is 26.0 Å². The molecular weight excluding hydrogens is 461 g/mol. The van der Waals surface area contributed by atoms with E-state index in [4.69, 9.17) is 4.74 Å². The SMILES string of the molecule is O=C1CCc2c(Oc3ccc(O)c([C@H]4CC4c4nc5ccc(C(F)(F)F)cc5[nH]4)c3)ccnc2N1. The zero-order chi connectivity index (χ0) is 24.3. The largest absolute Gasteiger partial charge is 0.508 e. The Kier molecular flexibility index (Phi) is 4.73. The molecule has 0 saturated heterocycles. The molecule has 10 heteroatoms. The van der Waals surface area contributed by atoms with Crippen molar-refractivity contribution in [2.45, 2.75) is 37.3 Å². The summed E-state index contributed by atoms with van der Waals surface area (Å²) in [5.41, 5.74) is 1.56. The number of amides is 1. The zero-order valence-electron chi connectivity index (χ0n) is 18.2. The lowest BCUT2D eigenvalue weighted by Gasteiger charge is -2.19. The van der Waals surface area contributed by atoms with Crippen molar-refractivity contribution < 1.29 is 27.8 Å². The minimum absolute atomic E-state index is 0.0492. The van der Waals surface area contributed by atoms with E-state index >= 15 is 0 Å². The van der Waals surface area contributed by atoms with Gasteiger partial charge in [0.1, 0.15) is 28.9 Å². The molecule has 1 unspecified atom stereocenters. The number of carbonyl (C=O) groups excluding carboxylic acids is 1. The van der Waals surface area contributed by atoms with Gasteiger partial charge < -0.3 is 20.1 Å². The Morgan fingerprint density at radius 1 is 1.06 bits per heavy atom. The van der Waals surface area contributed by atoms with E-state index in [2.05, 4.69) is 20.3 Å². The van der Waals surface area contributed by atoms with Crippen LogP contribution in [0, 0.1) is 0 Å². The number of H-pyrrole nitrogens is 1. The van der Waals surface area contributed by atoms with Gasteiger partial charge in [0.05, 0.1) is 16.6 Å². The molecule has 0 radical (unpaired) electrons. The Bertz CT molecular complexity index is 1480. The third kappa shape index (κ3) is 3.94. The van der Waals surface area contributed by atoms with E-state index < -0.39 is 11.7 Å². The Labute approximate surface area is 197 Å². The van der Waals surface area contributed by atoms with Gasteiger partial charge in [-0.15, -0.1) is 0 Å². The maximum absolute atomic E-state index is 13.0. The Morgan fingerprint density at radius 2 is 1.91 bits per heavy atom. The van der Waals surface area contributed by atoms with Crippen LogP contribution in [-0.2, 0) is 17.4 Å². The molecule has 6 rings (SSSR count). The van der Waals surface area contributed by atoms with Crippen molar-refractivity contribution in [1.82, 2.24) is 15.0 Å². The maximum Gasteiger partial charge on any atom is 0.416 e. The highest BCUT2D eigenvalue weighted by atomic mass is 19.4. The number of imidazole rings is 1. The number of rotatable bonds is 4. The number of phenols is 1. The molecule has 2 atom stereocenters. The molecule has 7 nitrogen and oxygen atoms in total. The second-order valence-corrected chi connectivity index (χ2v) is 8.81. The van der Waals surface area contributed by atoms with Crippen molar-refractivity contribution in [3.8, 4) is 17.2 Å². The fourth-order valence-electron chi connectivity index (χ4n) is 4.59. The topological polar surface area (TPSA) is 100 Å². The summed E-state index contributed by atoms with van der Waals surface area (Å²) in [6.45, 7) is 0. The lowest BCUT2D eigenvalue weighted by molar-refractivity contribution is -0.137. The van der Waals surface area contributed by atoms with Crippen LogP contribution in [0.4, 0.5) is 19.0 Å². The first kappa shape index (κ1) is 21.5. The summed E-state index contributed by atoms with van der Waals surface area (Å²) in [6, 6.07) is 10.2. The smallest absolute Gasteiger partial charge is 0.416 e. The van der Waals surface area contributed by atoms with Crippen LogP contribution in [0.2, 0.25) is 0 Å². The van der Waals surface area contributed by atoms with Crippen LogP contribution in [0.5, 0.6) is 17.2 Å². The summed E-state index contributed by atoms with van der Waals surface area (Å²) in [7, 11) is 0. The number of phenolic OH excluding ortho intramolecular Hbond substituents is 1. The average molecular weight is 480 g/mol. The van der Waals surface area contributed by atoms with Crippen LogP contribution >= 0.6 is 0 Å². The van der Waals surface area contributed by atoms with E-state index in [0.29, 0.717) is 59.0 Å². The number of halogens is 3. The molecule has 0 bridgehead atoms. The fraction of sp³-hybridized carbons (Fsp3) is 0.240. The average Bonchev–Trinajstić information content (AvgIpc) is 3.49. The van der Waals surface area contributed by atoms with Crippen molar-refractivity contribution in [3.63, 3.8) is 0 Å². The summed E-state index contributed by atoms with van der Waals surface area (Å²) < 4.78 is 45.2. The van der Waals surface area contributed by atoms with Gasteiger partial charge >= 0.3 is 6.18 Å². The number of ether oxygens (including phenoxy) is 1. The first-order chi connectivity index (χ1) is 16.8. The van der Waals surface area contributed by atoms with E-state index in [1.54, 1.807) is 30.5 Å². The molecule has 4 aromatic rings. The number of hydrogen-bond acceptors (Lipinski definition) is 5. The lowest BCUT2D eigenvalue weighted by Crippen LogP contribution is -2.20. The number of aromatic hydroxyl groups is 1. The minimum atomic E-state index is -4.42. The van der Waals surface area contributed by atoms with Crippen LogP contribution in [0.15, 0.2) is 48.7 Å². The number of aromatic amines is 1. The molecule has 2 aliphatic rings. The van der Waals surface area contributed by atoms with Gasteiger partial charge in [-0.05, 0) is 61.2 Å². The highest BCUT2D eigenvalue weighted by molar-refractivity contribution is 5.93. The Morgan fingerprint density at radius 3 is 2.74 bits per heavy atom. The third-order valence-electron chi connectivity index (χ3n) is 6.47. The first-order valence-electron chi connectivity index (χ1n) is 11.1. The van der Waals surface area contributed by atoms with Crippen molar-refractivity contribution in [3.05, 3.63) is 71.2 Å². The number of fused-ring (bicyclic) bond motifs is 2. The predicted molar refractivity (Wildman–Crippen MR) is 121 cm³/mol. The summed E-state index contributed by atoms with van der Waals surface area (Å²) in [5.74, 6) is 2.10. The van der Waals surface area contributed by atoms with Crippen LogP contribution in [0.1, 0.15) is 47.2 Å². The molecule has 2 aromatic heterocycles. The molecule has 178 valence electrons. The van der Waals surface area contributed by atoms with Gasteiger partial charge in [-0.3, -0.25) is 4.79 Å². The molecular formula is C25H19F3N4O3. The fourth-order valence-corrected chi connectivity index (χ4v) is 4.59. The normalized spacial score (nSPS) is 19.3. The second-order valence-electron chi connectivity index (χ2n) is 8.81. The predicted octanol–water partition coefficient (Wildman–Crippen LogP) is 5.63. The quantitative estimate of drug-likeness (QED) is 0.352. The number of hydrogen-bond donors (Lipinski definition) is 3. The number of alkyl halides is 3. The second kappa shape index (κ2) is 7.72. The van der Waals surface area contributed by atoms with Gasteiger partial charge in [0, 0.05) is 29.7 Å². The molecule has 1 aliphatic heterocycles. The van der Waals surface area contributed by atoms with Crippen molar-refractivity contribution in [1.29, 1.82) is 0 Å². The van der Waals surface area contributed by atoms with E-state index in [1.165, 1.54) is 6.07 Å². The maximum atomic E-state index is 13.0. The first-order valence-corrected chi connectivity index (χ1v) is 11.1. The third-order valence-corrected chi connectivity index (χ3v) is 6.47. The molecule has 3 N–H and O–H groups in total. The molecule has 35 heavy (non-hydrogen) atoms. The highest BCUT2D eigenvalue weighted by Gasteiger charge is 2.43. The molecule has 0 spiro atoms. The van der Waals surface area contributed by atoms with E-state index in [0.717, 1.165) is 17.7 Å². The number of nitrogens with zero attached hydrogens (tertiary/aromatic N) is 2. The molecule has 2 aromatic carbocycles. The van der Waals surface area contributed by atoms with Crippen molar-refractivity contribution in [2.75, 3.05) is 5.32 Å². The number of pyridine rings is 1. The lowest BCUT2D eigenvalue weighted by atomic mass is 10.1. The van der Waals surface area contributed by atoms with Gasteiger partial charge in [0.25, 0.3) is 0 Å². The number of benzene rings is 2. The summed E-state index contributed by atoms with van der Waals surface area (Å²) in [5, 5.41) is 13.2. The van der Waals surface area contributed by atoms with E-state index in [1.807, 2.05) is 0 Å². The highest BCUT2D eigenvalue weighted by Crippen LogP contribution is 2.56. The Balaban J connectivity index is 1.25. The van der Waals surface area contributed by atoms with Crippen molar-refractivity contribution in [2.24, 2.45) is 0 Å². The summed E-state index contributed by atoms with van der Waals surface area (Å²) in [6.07, 6.45) is -1.30. The Hall–Kier alpha value is -4.08. The van der Waals surface area contributed by atoms with Crippen molar-refractivity contribution >= 4 is 22.8 Å². The zero-order valence-corrected chi connectivity index (χ0v) is 18.2. The van der Waals surface area contributed by atoms with Crippen LogP contribution in [0.25, 0.3) is 11.0 Å². The van der Waals surface area contributed by atoms with Crippen LogP contribution in [0.3, 0.4) is 0 Å². The molecule has 1 aliphatic carbocycles. The summed E-state index contributed by atoms with van der Waals surface area (Å²) >= 11 is 0. The van der Waals surface area contributed by atoms with Crippen LogP contribution < -0.4 is 10.1 Å². The molecule has 3 heterocycles. The van der Waals surface area contributed by atoms with E-state index in [9.17, 15) is 23.1 Å². The van der Waals surface area contributed by atoms with E-state index in [-0.39, 0.29) is 23.5 Å². The summed E-state index contributed by atoms with van der Waals surface area (Å²) in [4.78, 5) is 23.3. The van der Waals surface area contributed by atoms with Gasteiger partial charge in [0.15, 0.2) is 0 Å². The minimum Gasteiger partial charge on any atom is -0.508 e. The number of nitrogens with one attached hydrogen (secondary N) is 2. The van der Waals surface area contributed by atoms with Gasteiger partial charge in [-0.2, -0.15) is 13.2 Å². The number of aromatic nitrogens is 3. The number of carbonyl (C=O) groups is 1.